The van der Waals surface area contributed by atoms with Gasteiger partial charge in [0.25, 0.3) is 0 Å². The molecule has 0 aromatic heterocycles. The lowest BCUT2D eigenvalue weighted by Gasteiger charge is -2.16. The average molecular weight is 302 g/mol. The van der Waals surface area contributed by atoms with Crippen molar-refractivity contribution in [2.24, 2.45) is 0 Å². The van der Waals surface area contributed by atoms with E-state index in [2.05, 4.69) is 12.2 Å². The molecule has 0 saturated carbocycles. The van der Waals surface area contributed by atoms with Crippen LogP contribution in [0, 0.1) is 0 Å². The van der Waals surface area contributed by atoms with Crippen molar-refractivity contribution in [3.63, 3.8) is 0 Å². The summed E-state index contributed by atoms with van der Waals surface area (Å²) in [5, 5.41) is 12.5. The Morgan fingerprint density at radius 1 is 1.50 bits per heavy atom. The van der Waals surface area contributed by atoms with E-state index in [-0.39, 0.29) is 5.75 Å². The molecular weight excluding hydrogens is 282 g/mol. The number of nitrogens with one attached hydrogen (secondary N) is 1. The smallest absolute Gasteiger partial charge is 0.344 e. The highest BCUT2D eigenvalue weighted by atomic mass is 35.5. The highest BCUT2D eigenvalue weighted by Gasteiger charge is 2.19. The Balaban J connectivity index is 2.92. The molecule has 0 amide bonds. The van der Waals surface area contributed by atoms with Crippen LogP contribution in [0.1, 0.15) is 25.8 Å². The molecule has 1 aromatic carbocycles. The Morgan fingerprint density at radius 3 is 2.75 bits per heavy atom. The van der Waals surface area contributed by atoms with Crippen LogP contribution in [0.4, 0.5) is 0 Å². The SMILES string of the molecule is CCCNCc1cc(Cl)c(OC(C)C(=O)O)c(OC)c1. The molecule has 0 aliphatic heterocycles. The van der Waals surface area contributed by atoms with Crippen LogP contribution in [0.2, 0.25) is 5.02 Å². The molecule has 112 valence electrons. The Morgan fingerprint density at radius 2 is 2.20 bits per heavy atom. The lowest BCUT2D eigenvalue weighted by molar-refractivity contribution is -0.144. The summed E-state index contributed by atoms with van der Waals surface area (Å²) in [6.45, 7) is 5.10. The van der Waals surface area contributed by atoms with Crippen molar-refractivity contribution in [2.75, 3.05) is 13.7 Å². The molecule has 0 bridgehead atoms. The van der Waals surface area contributed by atoms with Gasteiger partial charge in [0.1, 0.15) is 0 Å². The molecule has 0 saturated heterocycles. The van der Waals surface area contributed by atoms with Crippen molar-refractivity contribution in [1.29, 1.82) is 0 Å². The topological polar surface area (TPSA) is 67.8 Å². The summed E-state index contributed by atoms with van der Waals surface area (Å²) in [6, 6.07) is 3.54. The van der Waals surface area contributed by atoms with Crippen LogP contribution in [0.5, 0.6) is 11.5 Å². The van der Waals surface area contributed by atoms with Crippen LogP contribution in [0.3, 0.4) is 0 Å². The van der Waals surface area contributed by atoms with Gasteiger partial charge in [-0.05, 0) is 37.6 Å². The molecule has 2 N–H and O–H groups in total. The first-order valence-corrected chi connectivity index (χ1v) is 6.84. The average Bonchev–Trinajstić information content (AvgIpc) is 2.41. The molecule has 6 heteroatoms. The molecule has 0 spiro atoms. The maximum atomic E-state index is 10.8. The lowest BCUT2D eigenvalue weighted by Crippen LogP contribution is -2.23. The number of aliphatic carboxylic acids is 1. The Hall–Kier alpha value is -1.46. The van der Waals surface area contributed by atoms with E-state index in [1.165, 1.54) is 14.0 Å². The molecule has 0 radical (unpaired) electrons. The lowest BCUT2D eigenvalue weighted by atomic mass is 10.2. The first-order valence-electron chi connectivity index (χ1n) is 6.46. The Bertz CT molecular complexity index is 465. The summed E-state index contributed by atoms with van der Waals surface area (Å²) in [7, 11) is 1.49. The van der Waals surface area contributed by atoms with E-state index in [9.17, 15) is 4.79 Å². The van der Waals surface area contributed by atoms with Gasteiger partial charge in [0.05, 0.1) is 12.1 Å². The van der Waals surface area contributed by atoms with Gasteiger partial charge in [-0.3, -0.25) is 0 Å². The molecule has 1 atom stereocenters. The maximum absolute atomic E-state index is 10.8. The number of carboxylic acids is 1. The second-order valence-corrected chi connectivity index (χ2v) is 4.79. The van der Waals surface area contributed by atoms with E-state index >= 15 is 0 Å². The summed E-state index contributed by atoms with van der Waals surface area (Å²) >= 11 is 6.15. The molecule has 5 nitrogen and oxygen atoms in total. The van der Waals surface area contributed by atoms with Crippen molar-refractivity contribution in [1.82, 2.24) is 5.32 Å². The molecule has 0 aliphatic rings. The number of carbonyl (C=O) groups is 1. The van der Waals surface area contributed by atoms with E-state index < -0.39 is 12.1 Å². The van der Waals surface area contributed by atoms with Crippen LogP contribution in [0.15, 0.2) is 12.1 Å². The van der Waals surface area contributed by atoms with Gasteiger partial charge in [0.15, 0.2) is 17.6 Å². The number of hydrogen-bond donors (Lipinski definition) is 2. The van der Waals surface area contributed by atoms with E-state index in [1.54, 1.807) is 12.1 Å². The molecule has 1 unspecified atom stereocenters. The second kappa shape index (κ2) is 7.97. The van der Waals surface area contributed by atoms with Gasteiger partial charge >= 0.3 is 5.97 Å². The maximum Gasteiger partial charge on any atom is 0.344 e. The van der Waals surface area contributed by atoms with Crippen molar-refractivity contribution in [3.8, 4) is 11.5 Å². The third kappa shape index (κ3) is 4.58. The Kier molecular flexibility index (Phi) is 6.61. The van der Waals surface area contributed by atoms with E-state index in [0.717, 1.165) is 18.5 Å². The van der Waals surface area contributed by atoms with Crippen LogP contribution in [0.25, 0.3) is 0 Å². The van der Waals surface area contributed by atoms with Gasteiger partial charge in [-0.25, -0.2) is 4.79 Å². The second-order valence-electron chi connectivity index (χ2n) is 4.38. The van der Waals surface area contributed by atoms with Crippen LogP contribution in [-0.4, -0.2) is 30.8 Å². The number of ether oxygens (including phenoxy) is 2. The monoisotopic (exact) mass is 301 g/mol. The van der Waals surface area contributed by atoms with Gasteiger partial charge in [-0.1, -0.05) is 18.5 Å². The zero-order chi connectivity index (χ0) is 15.1. The molecule has 1 rings (SSSR count). The Labute approximate surface area is 123 Å². The molecule has 0 fully saturated rings. The molecular formula is C14H20ClNO4. The highest BCUT2D eigenvalue weighted by molar-refractivity contribution is 6.32. The van der Waals surface area contributed by atoms with E-state index in [0.29, 0.717) is 17.3 Å². The summed E-state index contributed by atoms with van der Waals surface area (Å²) in [4.78, 5) is 10.8. The first-order chi connectivity index (χ1) is 9.49. The summed E-state index contributed by atoms with van der Waals surface area (Å²) < 4.78 is 10.6. The normalized spacial score (nSPS) is 12.0. The third-order valence-electron chi connectivity index (χ3n) is 2.69. The van der Waals surface area contributed by atoms with Crippen molar-refractivity contribution in [2.45, 2.75) is 32.9 Å². The van der Waals surface area contributed by atoms with E-state index in [1.807, 2.05) is 0 Å². The number of benzene rings is 1. The van der Waals surface area contributed by atoms with Gasteiger partial charge in [-0.15, -0.1) is 0 Å². The van der Waals surface area contributed by atoms with Crippen LogP contribution < -0.4 is 14.8 Å². The zero-order valence-corrected chi connectivity index (χ0v) is 12.7. The minimum atomic E-state index is -1.06. The highest BCUT2D eigenvalue weighted by Crippen LogP contribution is 2.37. The fourth-order valence-electron chi connectivity index (χ4n) is 1.63. The number of rotatable bonds is 8. The zero-order valence-electron chi connectivity index (χ0n) is 11.9. The first kappa shape index (κ1) is 16.6. The standard InChI is InChI=1S/C14H20ClNO4/c1-4-5-16-8-10-6-11(15)13(12(7-10)19-3)20-9(2)14(17)18/h6-7,9,16H,4-5,8H2,1-3H3,(H,17,18). The largest absolute Gasteiger partial charge is 0.493 e. The quantitative estimate of drug-likeness (QED) is 0.723. The number of hydrogen-bond acceptors (Lipinski definition) is 4. The van der Waals surface area contributed by atoms with Gasteiger partial charge in [-0.2, -0.15) is 0 Å². The van der Waals surface area contributed by atoms with Crippen molar-refractivity contribution < 1.29 is 19.4 Å². The predicted molar refractivity (Wildman–Crippen MR) is 77.7 cm³/mol. The number of carboxylic acid groups (broad SMARTS) is 1. The fourth-order valence-corrected chi connectivity index (χ4v) is 1.90. The minimum absolute atomic E-state index is 0.253. The van der Waals surface area contributed by atoms with Crippen LogP contribution in [-0.2, 0) is 11.3 Å². The number of halogens is 1. The number of methoxy groups -OCH3 is 1. The van der Waals surface area contributed by atoms with Crippen LogP contribution >= 0.6 is 11.6 Å². The third-order valence-corrected chi connectivity index (χ3v) is 2.97. The van der Waals surface area contributed by atoms with Gasteiger partial charge < -0.3 is 19.9 Å². The summed E-state index contributed by atoms with van der Waals surface area (Å²) in [5.74, 6) is -0.376. The molecule has 20 heavy (non-hydrogen) atoms. The van der Waals surface area contributed by atoms with Crippen molar-refractivity contribution in [3.05, 3.63) is 22.7 Å². The fraction of sp³-hybridized carbons (Fsp3) is 0.500. The minimum Gasteiger partial charge on any atom is -0.493 e. The van der Waals surface area contributed by atoms with Crippen molar-refractivity contribution >= 4 is 17.6 Å². The summed E-state index contributed by atoms with van der Waals surface area (Å²) in [6.07, 6.45) is 0.0489. The molecule has 1 aromatic rings. The van der Waals surface area contributed by atoms with Gasteiger partial charge in [0, 0.05) is 6.54 Å². The van der Waals surface area contributed by atoms with E-state index in [4.69, 9.17) is 26.2 Å². The molecule has 0 aliphatic carbocycles. The molecule has 0 heterocycles. The predicted octanol–water partition coefficient (Wildman–Crippen LogP) is 2.70. The van der Waals surface area contributed by atoms with Gasteiger partial charge in [0.2, 0.25) is 0 Å². The summed E-state index contributed by atoms with van der Waals surface area (Å²) in [5.41, 5.74) is 0.954.